The Balaban J connectivity index is 1.69. The van der Waals surface area contributed by atoms with Gasteiger partial charge in [0.1, 0.15) is 0 Å². The van der Waals surface area contributed by atoms with Crippen molar-refractivity contribution >= 4 is 22.7 Å². The third-order valence-electron chi connectivity index (χ3n) is 6.60. The minimum atomic E-state index is -1.02. The summed E-state index contributed by atoms with van der Waals surface area (Å²) in [5, 5.41) is 15.7. The summed E-state index contributed by atoms with van der Waals surface area (Å²) in [7, 11) is 0. The molecule has 2 fully saturated rings. The molecule has 1 spiro atoms. The molecule has 5 rings (SSSR count). The van der Waals surface area contributed by atoms with Crippen molar-refractivity contribution in [3.05, 3.63) is 47.3 Å². The third-order valence-corrected chi connectivity index (χ3v) is 6.60. The Morgan fingerprint density at radius 3 is 2.58 bits per heavy atom. The fourth-order valence-electron chi connectivity index (χ4n) is 4.88. The number of aromatic carboxylic acids is 1. The molecule has 1 aromatic carbocycles. The van der Waals surface area contributed by atoms with E-state index in [1.807, 2.05) is 31.2 Å². The van der Waals surface area contributed by atoms with Gasteiger partial charge in [-0.05, 0) is 49.4 Å². The largest absolute Gasteiger partial charge is 0.477 e. The third kappa shape index (κ3) is 3.37. The molecule has 2 aromatic heterocycles. The number of aromatic nitrogens is 3. The molecule has 0 saturated carbocycles. The van der Waals surface area contributed by atoms with Gasteiger partial charge in [0.2, 0.25) is 0 Å². The van der Waals surface area contributed by atoms with Crippen LogP contribution in [0.4, 0.5) is 5.69 Å². The van der Waals surface area contributed by atoms with Crippen molar-refractivity contribution in [2.75, 3.05) is 31.2 Å². The van der Waals surface area contributed by atoms with Crippen LogP contribution in [0.1, 0.15) is 54.4 Å². The van der Waals surface area contributed by atoms with Crippen LogP contribution in [0, 0.1) is 12.3 Å². The van der Waals surface area contributed by atoms with Gasteiger partial charge in [-0.15, -0.1) is 0 Å². The zero-order valence-electron chi connectivity index (χ0n) is 18.3. The molecule has 0 bridgehead atoms. The Bertz CT molecular complexity index is 1150. The Hall–Kier alpha value is -2.93. The second kappa shape index (κ2) is 7.34. The zero-order chi connectivity index (χ0) is 21.8. The first kappa shape index (κ1) is 20.0. The van der Waals surface area contributed by atoms with Gasteiger partial charge in [-0.25, -0.2) is 14.5 Å². The number of carbonyl (C=O) groups is 1. The molecule has 3 aromatic rings. The number of carboxylic acid groups (broad SMARTS) is 1. The van der Waals surface area contributed by atoms with E-state index in [4.69, 9.17) is 9.84 Å². The minimum absolute atomic E-state index is 0.0551. The highest BCUT2D eigenvalue weighted by Crippen LogP contribution is 2.45. The topological polar surface area (TPSA) is 80.5 Å². The standard InChI is InChI=1S/C24H28N4O3/c1-15(2)21-20-19(27-13-24(14-27)7-9-31-10-8-24)12-18(23(29)30)25-22(20)28(26-21)17-6-4-5-16(3)11-17/h4-6,11-12,15H,7-10,13-14H2,1-3H3,(H,29,30). The van der Waals surface area contributed by atoms with Crippen LogP contribution in [0.15, 0.2) is 30.3 Å². The number of anilines is 1. The molecule has 2 saturated heterocycles. The van der Waals surface area contributed by atoms with E-state index in [0.717, 1.165) is 67.2 Å². The summed E-state index contributed by atoms with van der Waals surface area (Å²) in [4.78, 5) is 18.8. The predicted octanol–water partition coefficient (Wildman–Crippen LogP) is 4.17. The van der Waals surface area contributed by atoms with Gasteiger partial charge in [0.25, 0.3) is 0 Å². The average Bonchev–Trinajstić information content (AvgIpc) is 3.12. The number of rotatable bonds is 4. The van der Waals surface area contributed by atoms with Gasteiger partial charge in [0.05, 0.1) is 22.5 Å². The average molecular weight is 421 g/mol. The van der Waals surface area contributed by atoms with Crippen molar-refractivity contribution in [1.82, 2.24) is 14.8 Å². The number of benzene rings is 1. The van der Waals surface area contributed by atoms with Crippen molar-refractivity contribution in [2.24, 2.45) is 5.41 Å². The number of carboxylic acids is 1. The number of aryl methyl sites for hydroxylation is 1. The molecule has 31 heavy (non-hydrogen) atoms. The van der Waals surface area contributed by atoms with E-state index in [9.17, 15) is 9.90 Å². The lowest BCUT2D eigenvalue weighted by Gasteiger charge is -2.53. The molecule has 0 aliphatic carbocycles. The fraction of sp³-hybridized carbons (Fsp3) is 0.458. The first-order valence-corrected chi connectivity index (χ1v) is 10.9. The monoisotopic (exact) mass is 420 g/mol. The molecule has 4 heterocycles. The summed E-state index contributed by atoms with van der Waals surface area (Å²) >= 11 is 0. The summed E-state index contributed by atoms with van der Waals surface area (Å²) in [5.74, 6) is -0.837. The van der Waals surface area contributed by atoms with Crippen LogP contribution >= 0.6 is 0 Å². The van der Waals surface area contributed by atoms with Gasteiger partial charge >= 0.3 is 5.97 Å². The summed E-state index contributed by atoms with van der Waals surface area (Å²) < 4.78 is 7.36. The molecule has 0 amide bonds. The Labute approximate surface area is 181 Å². The second-order valence-corrected chi connectivity index (χ2v) is 9.29. The molecule has 7 heteroatoms. The zero-order valence-corrected chi connectivity index (χ0v) is 18.3. The number of hydrogen-bond donors (Lipinski definition) is 1. The first-order chi connectivity index (χ1) is 14.9. The van der Waals surface area contributed by atoms with Gasteiger partial charge in [-0.1, -0.05) is 26.0 Å². The van der Waals surface area contributed by atoms with Gasteiger partial charge in [-0.2, -0.15) is 5.10 Å². The molecule has 0 radical (unpaired) electrons. The maximum Gasteiger partial charge on any atom is 0.354 e. The van der Waals surface area contributed by atoms with Crippen LogP contribution in [0.25, 0.3) is 16.7 Å². The number of hydrogen-bond acceptors (Lipinski definition) is 5. The maximum absolute atomic E-state index is 11.9. The van der Waals surface area contributed by atoms with Crippen LogP contribution in [0.5, 0.6) is 0 Å². The lowest BCUT2D eigenvalue weighted by molar-refractivity contribution is -0.000108. The van der Waals surface area contributed by atoms with Crippen LogP contribution in [0.3, 0.4) is 0 Å². The van der Waals surface area contributed by atoms with Crippen LogP contribution in [0.2, 0.25) is 0 Å². The Kier molecular flexibility index (Phi) is 4.73. The minimum Gasteiger partial charge on any atom is -0.477 e. The van der Waals surface area contributed by atoms with E-state index in [2.05, 4.69) is 23.7 Å². The molecule has 2 aliphatic heterocycles. The van der Waals surface area contributed by atoms with Crippen molar-refractivity contribution in [1.29, 1.82) is 0 Å². The summed E-state index contributed by atoms with van der Waals surface area (Å²) in [6.07, 6.45) is 2.12. The normalized spacial score (nSPS) is 18.0. The van der Waals surface area contributed by atoms with Gasteiger partial charge < -0.3 is 14.7 Å². The van der Waals surface area contributed by atoms with Crippen molar-refractivity contribution < 1.29 is 14.6 Å². The van der Waals surface area contributed by atoms with Crippen LogP contribution in [-0.4, -0.2) is 52.1 Å². The van der Waals surface area contributed by atoms with Crippen molar-refractivity contribution in [3.8, 4) is 5.69 Å². The molecule has 7 nitrogen and oxygen atoms in total. The molecule has 2 aliphatic rings. The maximum atomic E-state index is 11.9. The van der Waals surface area contributed by atoms with Crippen LogP contribution < -0.4 is 4.90 Å². The SMILES string of the molecule is Cc1cccc(-n2nc(C(C)C)c3c(N4CC5(CCOCC5)C4)cc(C(=O)O)nc32)c1. The van der Waals surface area contributed by atoms with Crippen molar-refractivity contribution in [2.45, 2.75) is 39.5 Å². The second-order valence-electron chi connectivity index (χ2n) is 9.29. The highest BCUT2D eigenvalue weighted by molar-refractivity contribution is 5.98. The number of ether oxygens (including phenoxy) is 1. The van der Waals surface area contributed by atoms with E-state index in [1.54, 1.807) is 10.7 Å². The number of nitrogens with zero attached hydrogens (tertiary/aromatic N) is 4. The molecule has 0 atom stereocenters. The quantitative estimate of drug-likeness (QED) is 0.682. The fourth-order valence-corrected chi connectivity index (χ4v) is 4.88. The van der Waals surface area contributed by atoms with Crippen molar-refractivity contribution in [3.63, 3.8) is 0 Å². The highest BCUT2D eigenvalue weighted by atomic mass is 16.5. The summed E-state index contributed by atoms with van der Waals surface area (Å²) in [6.45, 7) is 9.72. The van der Waals surface area contributed by atoms with Crippen LogP contribution in [-0.2, 0) is 4.74 Å². The summed E-state index contributed by atoms with van der Waals surface area (Å²) in [5.41, 5.74) is 4.83. The first-order valence-electron chi connectivity index (χ1n) is 10.9. The van der Waals surface area contributed by atoms with E-state index in [0.29, 0.717) is 5.65 Å². The number of fused-ring (bicyclic) bond motifs is 1. The molecular weight excluding hydrogens is 392 g/mol. The smallest absolute Gasteiger partial charge is 0.354 e. The predicted molar refractivity (Wildman–Crippen MR) is 119 cm³/mol. The van der Waals surface area contributed by atoms with E-state index in [1.165, 1.54) is 0 Å². The van der Waals surface area contributed by atoms with Gasteiger partial charge in [0.15, 0.2) is 11.3 Å². The molecule has 1 N–H and O–H groups in total. The lowest BCUT2D eigenvalue weighted by Crippen LogP contribution is -2.58. The molecule has 162 valence electrons. The van der Waals surface area contributed by atoms with E-state index >= 15 is 0 Å². The van der Waals surface area contributed by atoms with Gasteiger partial charge in [0, 0.05) is 31.7 Å². The Morgan fingerprint density at radius 1 is 1.19 bits per heavy atom. The highest BCUT2D eigenvalue weighted by Gasteiger charge is 2.45. The lowest BCUT2D eigenvalue weighted by atomic mass is 9.73. The van der Waals surface area contributed by atoms with E-state index < -0.39 is 5.97 Å². The van der Waals surface area contributed by atoms with E-state index in [-0.39, 0.29) is 17.0 Å². The van der Waals surface area contributed by atoms with Gasteiger partial charge in [-0.3, -0.25) is 0 Å². The summed E-state index contributed by atoms with van der Waals surface area (Å²) in [6, 6.07) is 9.78. The molecular formula is C24H28N4O3. The number of pyridine rings is 1. The Morgan fingerprint density at radius 2 is 1.94 bits per heavy atom. The molecule has 0 unspecified atom stereocenters.